The summed E-state index contributed by atoms with van der Waals surface area (Å²) in [6.45, 7) is 0.419. The van der Waals surface area contributed by atoms with E-state index in [1.165, 1.54) is 4.78 Å². The highest BCUT2D eigenvalue weighted by atomic mass is 31.2. The lowest BCUT2D eigenvalue weighted by Crippen LogP contribution is -2.36. The summed E-state index contributed by atoms with van der Waals surface area (Å²) in [5, 5.41) is 1.48. The van der Waals surface area contributed by atoms with Crippen molar-refractivity contribution < 1.29 is 4.57 Å². The normalized spacial score (nSPS) is 11.6. The zero-order chi connectivity index (χ0) is 16.1. The van der Waals surface area contributed by atoms with Crippen molar-refractivity contribution in [2.24, 2.45) is 5.84 Å². The van der Waals surface area contributed by atoms with Gasteiger partial charge >= 0.3 is 0 Å². The molecule has 0 aliphatic carbocycles. The molecule has 3 nitrogen and oxygen atoms in total. The van der Waals surface area contributed by atoms with Crippen LogP contribution in [0.4, 0.5) is 0 Å². The number of nitrogens with two attached hydrogens (primary N) is 1. The molecule has 0 saturated heterocycles. The average molecular weight is 322 g/mol. The molecule has 4 heteroatoms. The van der Waals surface area contributed by atoms with Crippen LogP contribution in [0.2, 0.25) is 0 Å². The molecule has 0 aliphatic heterocycles. The van der Waals surface area contributed by atoms with E-state index in [2.05, 4.69) is 0 Å². The largest absolute Gasteiger partial charge is 0.295 e. The van der Waals surface area contributed by atoms with E-state index in [1.807, 2.05) is 91.0 Å². The Morgan fingerprint density at radius 1 is 0.696 bits per heavy atom. The zero-order valence-electron chi connectivity index (χ0n) is 12.7. The van der Waals surface area contributed by atoms with Crippen molar-refractivity contribution in [1.29, 1.82) is 0 Å². The third kappa shape index (κ3) is 3.27. The van der Waals surface area contributed by atoms with Crippen molar-refractivity contribution in [3.63, 3.8) is 0 Å². The van der Waals surface area contributed by atoms with Crippen LogP contribution in [0.1, 0.15) is 5.56 Å². The van der Waals surface area contributed by atoms with E-state index in [9.17, 15) is 4.57 Å². The summed E-state index contributed by atoms with van der Waals surface area (Å²) in [7, 11) is -3.07. The first-order valence-electron chi connectivity index (χ1n) is 7.49. The van der Waals surface area contributed by atoms with Gasteiger partial charge in [0.15, 0.2) is 0 Å². The van der Waals surface area contributed by atoms with Crippen LogP contribution in [0.15, 0.2) is 91.0 Å². The summed E-state index contributed by atoms with van der Waals surface area (Å²) in [5.41, 5.74) is 1.03. The minimum Gasteiger partial charge on any atom is -0.295 e. The molecule has 0 fully saturated rings. The van der Waals surface area contributed by atoms with Crippen LogP contribution in [0.25, 0.3) is 0 Å². The summed E-state index contributed by atoms with van der Waals surface area (Å²) in [4.78, 5) is 0. The molecule has 0 aliphatic rings. The van der Waals surface area contributed by atoms with Gasteiger partial charge in [0, 0.05) is 17.2 Å². The SMILES string of the molecule is NN(Cc1ccccc1)P(=O)(c1ccccc1)c1ccccc1. The van der Waals surface area contributed by atoms with Crippen molar-refractivity contribution in [3.8, 4) is 0 Å². The minimum absolute atomic E-state index is 0.419. The van der Waals surface area contributed by atoms with Gasteiger partial charge < -0.3 is 0 Å². The van der Waals surface area contributed by atoms with Crippen LogP contribution in [-0.4, -0.2) is 4.78 Å². The highest BCUT2D eigenvalue weighted by molar-refractivity contribution is 7.76. The first-order chi connectivity index (χ1) is 11.2. The molecule has 116 valence electrons. The maximum atomic E-state index is 13.9. The minimum atomic E-state index is -3.07. The summed E-state index contributed by atoms with van der Waals surface area (Å²) in [6, 6.07) is 28.7. The second-order valence-electron chi connectivity index (χ2n) is 5.33. The van der Waals surface area contributed by atoms with Crippen molar-refractivity contribution >= 4 is 17.9 Å². The second kappa shape index (κ2) is 6.93. The Morgan fingerprint density at radius 3 is 1.52 bits per heavy atom. The first-order valence-corrected chi connectivity index (χ1v) is 9.15. The van der Waals surface area contributed by atoms with Crippen LogP contribution in [-0.2, 0) is 11.1 Å². The van der Waals surface area contributed by atoms with E-state index in [0.29, 0.717) is 6.54 Å². The van der Waals surface area contributed by atoms with Gasteiger partial charge in [-0.3, -0.25) is 10.4 Å². The van der Waals surface area contributed by atoms with Crippen molar-refractivity contribution in [2.45, 2.75) is 6.54 Å². The topological polar surface area (TPSA) is 46.3 Å². The third-order valence-electron chi connectivity index (χ3n) is 3.76. The molecule has 0 spiro atoms. The molecule has 0 radical (unpaired) electrons. The van der Waals surface area contributed by atoms with Crippen LogP contribution < -0.4 is 16.5 Å². The molecule has 2 N–H and O–H groups in total. The van der Waals surface area contributed by atoms with Gasteiger partial charge in [-0.05, 0) is 29.8 Å². The van der Waals surface area contributed by atoms with Crippen LogP contribution in [0, 0.1) is 0 Å². The molecule has 0 saturated carbocycles. The van der Waals surface area contributed by atoms with Crippen LogP contribution in [0.5, 0.6) is 0 Å². The number of hydrogen-bond acceptors (Lipinski definition) is 2. The molecular weight excluding hydrogens is 303 g/mol. The van der Waals surface area contributed by atoms with Gasteiger partial charge in [0.1, 0.15) is 0 Å². The van der Waals surface area contributed by atoms with Gasteiger partial charge in [-0.2, -0.15) is 4.78 Å². The Balaban J connectivity index is 2.04. The van der Waals surface area contributed by atoms with E-state index in [1.54, 1.807) is 0 Å². The van der Waals surface area contributed by atoms with Crippen LogP contribution in [0.3, 0.4) is 0 Å². The molecule has 3 aromatic rings. The highest BCUT2D eigenvalue weighted by Gasteiger charge is 2.32. The van der Waals surface area contributed by atoms with E-state index in [0.717, 1.165) is 16.2 Å². The average Bonchev–Trinajstić information content (AvgIpc) is 2.63. The Kier molecular flexibility index (Phi) is 4.73. The van der Waals surface area contributed by atoms with Crippen molar-refractivity contribution in [3.05, 3.63) is 96.6 Å². The van der Waals surface area contributed by atoms with Gasteiger partial charge in [0.05, 0.1) is 0 Å². The smallest absolute Gasteiger partial charge is 0.220 e. The summed E-state index contributed by atoms with van der Waals surface area (Å²) in [6.07, 6.45) is 0. The molecule has 3 aromatic carbocycles. The standard InChI is InChI=1S/C19H19N2OP/c20-21(16-17-10-4-1-5-11-17)23(22,18-12-6-2-7-13-18)19-14-8-3-9-15-19/h1-15H,16,20H2. The quantitative estimate of drug-likeness (QED) is 0.445. The maximum absolute atomic E-state index is 13.9. The molecule has 0 heterocycles. The first kappa shape index (κ1) is 15.7. The molecule has 23 heavy (non-hydrogen) atoms. The zero-order valence-corrected chi connectivity index (χ0v) is 13.6. The van der Waals surface area contributed by atoms with Gasteiger partial charge in [0.25, 0.3) is 0 Å². The van der Waals surface area contributed by atoms with E-state index < -0.39 is 7.29 Å². The number of rotatable bonds is 5. The molecule has 0 amide bonds. The van der Waals surface area contributed by atoms with Gasteiger partial charge in [-0.15, -0.1) is 0 Å². The fourth-order valence-electron chi connectivity index (χ4n) is 2.58. The number of hydrazine groups is 1. The van der Waals surface area contributed by atoms with Gasteiger partial charge in [-0.1, -0.05) is 66.7 Å². The summed E-state index contributed by atoms with van der Waals surface area (Å²) < 4.78 is 15.4. The summed E-state index contributed by atoms with van der Waals surface area (Å²) >= 11 is 0. The molecule has 0 aromatic heterocycles. The van der Waals surface area contributed by atoms with Gasteiger partial charge in [0.2, 0.25) is 7.29 Å². The molecule has 0 bridgehead atoms. The summed E-state index contributed by atoms with van der Waals surface area (Å²) in [5.74, 6) is 6.32. The fourth-order valence-corrected chi connectivity index (χ4v) is 4.98. The van der Waals surface area contributed by atoms with Crippen molar-refractivity contribution in [1.82, 2.24) is 4.78 Å². The van der Waals surface area contributed by atoms with Gasteiger partial charge in [-0.25, -0.2) is 0 Å². The lowest BCUT2D eigenvalue weighted by atomic mass is 10.2. The Hall–Kier alpha value is -2.19. The number of hydrogen-bond donors (Lipinski definition) is 1. The third-order valence-corrected chi connectivity index (χ3v) is 6.62. The number of benzene rings is 3. The monoisotopic (exact) mass is 322 g/mol. The molecular formula is C19H19N2OP. The predicted octanol–water partition coefficient (Wildman–Crippen LogP) is 3.29. The molecule has 0 unspecified atom stereocenters. The number of nitrogens with zero attached hydrogens (tertiary/aromatic N) is 1. The Labute approximate surface area is 136 Å². The van der Waals surface area contributed by atoms with Crippen LogP contribution >= 0.6 is 7.29 Å². The lowest BCUT2D eigenvalue weighted by molar-refractivity contribution is 0.434. The lowest BCUT2D eigenvalue weighted by Gasteiger charge is -2.28. The highest BCUT2D eigenvalue weighted by Crippen LogP contribution is 2.45. The van der Waals surface area contributed by atoms with Crippen molar-refractivity contribution in [2.75, 3.05) is 0 Å². The van der Waals surface area contributed by atoms with E-state index >= 15 is 0 Å². The van der Waals surface area contributed by atoms with E-state index in [4.69, 9.17) is 5.84 Å². The Bertz CT molecular complexity index is 748. The fraction of sp³-hybridized carbons (Fsp3) is 0.0526. The predicted molar refractivity (Wildman–Crippen MR) is 95.9 cm³/mol. The second-order valence-corrected chi connectivity index (χ2v) is 8.03. The van der Waals surface area contributed by atoms with E-state index in [-0.39, 0.29) is 0 Å². The molecule has 0 atom stereocenters. The Morgan fingerprint density at radius 2 is 1.09 bits per heavy atom. The molecule has 3 rings (SSSR count). The maximum Gasteiger partial charge on any atom is 0.220 e.